The predicted octanol–water partition coefficient (Wildman–Crippen LogP) is 6.01. The van der Waals surface area contributed by atoms with Crippen LogP contribution < -0.4 is 10.1 Å². The van der Waals surface area contributed by atoms with E-state index in [1.54, 1.807) is 35.5 Å². The van der Waals surface area contributed by atoms with E-state index in [2.05, 4.69) is 15.3 Å². The zero-order chi connectivity index (χ0) is 31.9. The molecule has 45 heavy (non-hydrogen) atoms. The van der Waals surface area contributed by atoms with Crippen molar-refractivity contribution in [2.45, 2.75) is 59.3 Å². The molecule has 3 aromatic carbocycles. The van der Waals surface area contributed by atoms with Crippen molar-refractivity contribution in [2.75, 3.05) is 13.1 Å². The van der Waals surface area contributed by atoms with Crippen LogP contribution in [0.2, 0.25) is 0 Å². The highest BCUT2D eigenvalue weighted by atomic mass is 19.1. The number of nitrogens with zero attached hydrogens (tertiary/aromatic N) is 4. The summed E-state index contributed by atoms with van der Waals surface area (Å²) in [7, 11) is 0. The summed E-state index contributed by atoms with van der Waals surface area (Å²) < 4.78 is 21.6. The van der Waals surface area contributed by atoms with Gasteiger partial charge in [0.15, 0.2) is 5.82 Å². The van der Waals surface area contributed by atoms with Crippen LogP contribution in [0.4, 0.5) is 4.39 Å². The van der Waals surface area contributed by atoms with Crippen molar-refractivity contribution in [1.82, 2.24) is 25.1 Å². The summed E-state index contributed by atoms with van der Waals surface area (Å²) in [6.07, 6.45) is 4.17. The molecule has 0 radical (unpaired) electrons. The van der Waals surface area contributed by atoms with Gasteiger partial charge in [0.1, 0.15) is 23.4 Å². The van der Waals surface area contributed by atoms with E-state index in [0.29, 0.717) is 36.0 Å². The highest BCUT2D eigenvalue weighted by Crippen LogP contribution is 2.32. The number of hydrogen-bond donors (Lipinski definition) is 1. The van der Waals surface area contributed by atoms with Crippen molar-refractivity contribution < 1.29 is 18.7 Å². The number of aromatic nitrogens is 2. The lowest BCUT2D eigenvalue weighted by Crippen LogP contribution is -2.64. The monoisotopic (exact) mass is 609 g/mol. The SMILES string of the molecule is CCc1ccccc1Oc1cccc(F)c1CN1C[C@@H](C)N(C(=O)C(C)C)[C@@H](C(=O)NCc2ccc(-c3ncccn3)cc2)C1. The van der Waals surface area contributed by atoms with E-state index in [1.807, 2.05) is 81.1 Å². The Hall–Kier alpha value is -4.63. The fraction of sp³-hybridized carbons (Fsp3) is 0.333. The summed E-state index contributed by atoms with van der Waals surface area (Å²) >= 11 is 0. The molecule has 2 amide bonds. The summed E-state index contributed by atoms with van der Waals surface area (Å²) in [4.78, 5) is 39.4. The highest BCUT2D eigenvalue weighted by Gasteiger charge is 2.40. The van der Waals surface area contributed by atoms with Crippen LogP contribution in [0.5, 0.6) is 11.5 Å². The molecule has 5 rings (SSSR count). The van der Waals surface area contributed by atoms with Crippen LogP contribution in [0.1, 0.15) is 44.4 Å². The maximum atomic E-state index is 15.3. The molecule has 0 spiro atoms. The Balaban J connectivity index is 1.33. The molecule has 4 aromatic rings. The highest BCUT2D eigenvalue weighted by molar-refractivity contribution is 5.89. The third-order valence-corrected chi connectivity index (χ3v) is 8.09. The molecule has 1 aromatic heterocycles. The molecule has 0 saturated carbocycles. The molecule has 1 aliphatic rings. The van der Waals surface area contributed by atoms with E-state index in [-0.39, 0.29) is 42.7 Å². The number of benzene rings is 3. The zero-order valence-corrected chi connectivity index (χ0v) is 26.2. The van der Waals surface area contributed by atoms with Crippen LogP contribution in [0.15, 0.2) is 85.2 Å². The second kappa shape index (κ2) is 14.4. The van der Waals surface area contributed by atoms with Gasteiger partial charge in [-0.15, -0.1) is 0 Å². The molecule has 1 N–H and O–H groups in total. The summed E-state index contributed by atoms with van der Waals surface area (Å²) in [5.74, 6) is 0.778. The van der Waals surface area contributed by atoms with Crippen molar-refractivity contribution in [2.24, 2.45) is 5.92 Å². The van der Waals surface area contributed by atoms with Crippen LogP contribution in [0.3, 0.4) is 0 Å². The Labute approximate surface area is 264 Å². The number of carbonyl (C=O) groups is 2. The minimum Gasteiger partial charge on any atom is -0.457 e. The number of amides is 2. The second-order valence-corrected chi connectivity index (χ2v) is 11.7. The fourth-order valence-electron chi connectivity index (χ4n) is 5.74. The van der Waals surface area contributed by atoms with Gasteiger partial charge in [-0.3, -0.25) is 14.5 Å². The fourth-order valence-corrected chi connectivity index (χ4v) is 5.74. The first-order chi connectivity index (χ1) is 21.7. The van der Waals surface area contributed by atoms with Crippen molar-refractivity contribution in [3.63, 3.8) is 0 Å². The number of rotatable bonds is 10. The largest absolute Gasteiger partial charge is 0.457 e. The van der Waals surface area contributed by atoms with Crippen molar-refractivity contribution in [3.05, 3.63) is 108 Å². The zero-order valence-electron chi connectivity index (χ0n) is 26.2. The summed E-state index contributed by atoms with van der Waals surface area (Å²) in [5, 5.41) is 3.04. The predicted molar refractivity (Wildman–Crippen MR) is 172 cm³/mol. The van der Waals surface area contributed by atoms with E-state index >= 15 is 4.39 Å². The molecule has 234 valence electrons. The minimum absolute atomic E-state index is 0.0828. The lowest BCUT2D eigenvalue weighted by molar-refractivity contribution is -0.150. The Bertz CT molecular complexity index is 1610. The van der Waals surface area contributed by atoms with E-state index < -0.39 is 6.04 Å². The van der Waals surface area contributed by atoms with Gasteiger partial charge >= 0.3 is 0 Å². The summed E-state index contributed by atoms with van der Waals surface area (Å²) in [6, 6.07) is 21.0. The molecule has 0 unspecified atom stereocenters. The first-order valence-corrected chi connectivity index (χ1v) is 15.5. The normalized spacial score (nSPS) is 16.9. The van der Waals surface area contributed by atoms with Gasteiger partial charge in [0.05, 0.1) is 0 Å². The number of ether oxygens (including phenoxy) is 1. The Kier molecular flexibility index (Phi) is 10.2. The smallest absolute Gasteiger partial charge is 0.244 e. The van der Waals surface area contributed by atoms with Gasteiger partial charge in [-0.2, -0.15) is 0 Å². The molecule has 8 nitrogen and oxygen atoms in total. The van der Waals surface area contributed by atoms with E-state index in [0.717, 1.165) is 23.1 Å². The quantitative estimate of drug-likeness (QED) is 0.237. The molecule has 1 fully saturated rings. The number of hydrogen-bond acceptors (Lipinski definition) is 6. The van der Waals surface area contributed by atoms with Gasteiger partial charge in [-0.05, 0) is 48.7 Å². The molecule has 0 bridgehead atoms. The molecule has 1 saturated heterocycles. The molecular weight excluding hydrogens is 569 g/mol. The number of halogens is 1. The Morgan fingerprint density at radius 1 is 0.956 bits per heavy atom. The third-order valence-electron chi connectivity index (χ3n) is 8.09. The molecule has 2 atom stereocenters. The lowest BCUT2D eigenvalue weighted by atomic mass is 10.0. The third kappa shape index (κ3) is 7.54. The molecule has 2 heterocycles. The Morgan fingerprint density at radius 2 is 1.67 bits per heavy atom. The van der Waals surface area contributed by atoms with E-state index in [9.17, 15) is 9.59 Å². The molecular formula is C36H40FN5O3. The van der Waals surface area contributed by atoms with Gasteiger partial charge in [-0.25, -0.2) is 14.4 Å². The van der Waals surface area contributed by atoms with Crippen molar-refractivity contribution >= 4 is 11.8 Å². The average Bonchev–Trinajstić information content (AvgIpc) is 3.05. The van der Waals surface area contributed by atoms with E-state index in [1.165, 1.54) is 6.07 Å². The van der Waals surface area contributed by atoms with Crippen molar-refractivity contribution in [1.29, 1.82) is 0 Å². The van der Waals surface area contributed by atoms with Gasteiger partial charge in [0.2, 0.25) is 11.8 Å². The second-order valence-electron chi connectivity index (χ2n) is 11.7. The first kappa shape index (κ1) is 31.8. The average molecular weight is 610 g/mol. The van der Waals surface area contributed by atoms with Gasteiger partial charge < -0.3 is 15.0 Å². The maximum absolute atomic E-state index is 15.3. The Morgan fingerprint density at radius 3 is 2.38 bits per heavy atom. The summed E-state index contributed by atoms with van der Waals surface area (Å²) in [6.45, 7) is 8.95. The number of para-hydroxylation sites is 1. The van der Waals surface area contributed by atoms with Gasteiger partial charge in [0.25, 0.3) is 0 Å². The molecule has 1 aliphatic heterocycles. The van der Waals surface area contributed by atoms with Crippen LogP contribution in [0.25, 0.3) is 11.4 Å². The van der Waals surface area contributed by atoms with E-state index in [4.69, 9.17) is 4.74 Å². The number of carbonyl (C=O) groups excluding carboxylic acids is 2. The minimum atomic E-state index is -0.738. The first-order valence-electron chi connectivity index (χ1n) is 15.5. The van der Waals surface area contributed by atoms with Crippen LogP contribution in [-0.2, 0) is 29.1 Å². The summed E-state index contributed by atoms with van der Waals surface area (Å²) in [5.41, 5.74) is 3.24. The molecule has 9 heteroatoms. The number of aryl methyl sites for hydroxylation is 1. The maximum Gasteiger partial charge on any atom is 0.244 e. The topological polar surface area (TPSA) is 87.7 Å². The van der Waals surface area contributed by atoms with Crippen LogP contribution >= 0.6 is 0 Å². The van der Waals surface area contributed by atoms with Crippen LogP contribution in [-0.4, -0.2) is 56.8 Å². The molecule has 0 aliphatic carbocycles. The van der Waals surface area contributed by atoms with Gasteiger partial charge in [-0.1, -0.05) is 69.3 Å². The number of piperazine rings is 1. The lowest BCUT2D eigenvalue weighted by Gasteiger charge is -2.45. The number of nitrogens with one attached hydrogen (secondary N) is 1. The van der Waals surface area contributed by atoms with Gasteiger partial charge in [0, 0.05) is 61.7 Å². The standard InChI is InChI=1S/C36H40FN5O3/c1-5-27-10-6-7-12-32(27)45-33-13-8-11-30(37)29(33)22-41-21-25(4)42(36(44)24(2)3)31(23-41)35(43)40-20-26-14-16-28(17-15-26)34-38-18-9-19-39-34/h6-19,24-25,31H,5,20-23H2,1-4H3,(H,40,43)/t25-,31-/m1/s1. The van der Waals surface area contributed by atoms with Crippen molar-refractivity contribution in [3.8, 4) is 22.9 Å². The van der Waals surface area contributed by atoms with Crippen LogP contribution in [0, 0.1) is 11.7 Å².